The van der Waals surface area contributed by atoms with Crippen molar-refractivity contribution in [2.45, 2.75) is 13.1 Å². The average molecular weight is 335 g/mol. The van der Waals surface area contributed by atoms with Gasteiger partial charge in [0.15, 0.2) is 11.5 Å². The van der Waals surface area contributed by atoms with Crippen molar-refractivity contribution in [1.82, 2.24) is 14.7 Å². The van der Waals surface area contributed by atoms with Gasteiger partial charge in [-0.05, 0) is 37.9 Å². The number of ether oxygens (including phenoxy) is 2. The molecule has 0 N–H and O–H groups in total. The van der Waals surface area contributed by atoms with Crippen LogP contribution >= 0.6 is 0 Å². The SMILES string of the molecule is CN(C)Cc1cn(Cc2ccccc2)nc1-c1ccc2c(c1)OCO2. The third-order valence-corrected chi connectivity index (χ3v) is 4.16. The summed E-state index contributed by atoms with van der Waals surface area (Å²) in [5, 5.41) is 4.85. The molecule has 0 atom stereocenters. The number of nitrogens with zero attached hydrogens (tertiary/aromatic N) is 3. The molecular weight excluding hydrogens is 314 g/mol. The van der Waals surface area contributed by atoms with Crippen LogP contribution in [0.2, 0.25) is 0 Å². The summed E-state index contributed by atoms with van der Waals surface area (Å²) >= 11 is 0. The molecule has 5 nitrogen and oxygen atoms in total. The van der Waals surface area contributed by atoms with Gasteiger partial charge in [-0.25, -0.2) is 0 Å². The Kier molecular flexibility index (Phi) is 4.15. The fourth-order valence-electron chi connectivity index (χ4n) is 3.06. The van der Waals surface area contributed by atoms with Crippen molar-refractivity contribution < 1.29 is 9.47 Å². The van der Waals surface area contributed by atoms with Crippen LogP contribution < -0.4 is 9.47 Å². The molecule has 0 unspecified atom stereocenters. The highest BCUT2D eigenvalue weighted by atomic mass is 16.7. The number of benzene rings is 2. The lowest BCUT2D eigenvalue weighted by Crippen LogP contribution is -2.10. The lowest BCUT2D eigenvalue weighted by atomic mass is 10.1. The summed E-state index contributed by atoms with van der Waals surface area (Å²) in [5.74, 6) is 1.58. The first-order chi connectivity index (χ1) is 12.2. The van der Waals surface area contributed by atoms with E-state index in [2.05, 4.69) is 49.5 Å². The minimum absolute atomic E-state index is 0.284. The molecule has 0 fully saturated rings. The largest absolute Gasteiger partial charge is 0.454 e. The molecule has 1 aliphatic heterocycles. The summed E-state index contributed by atoms with van der Waals surface area (Å²) in [5.41, 5.74) is 4.47. The topological polar surface area (TPSA) is 39.5 Å². The molecule has 3 aromatic rings. The molecule has 0 bridgehead atoms. The minimum Gasteiger partial charge on any atom is -0.454 e. The summed E-state index contributed by atoms with van der Waals surface area (Å²) in [6.07, 6.45) is 2.13. The molecule has 25 heavy (non-hydrogen) atoms. The van der Waals surface area contributed by atoms with Crippen molar-refractivity contribution in [2.75, 3.05) is 20.9 Å². The number of hydrogen-bond donors (Lipinski definition) is 0. The molecule has 0 saturated heterocycles. The minimum atomic E-state index is 0.284. The van der Waals surface area contributed by atoms with Gasteiger partial charge in [-0.2, -0.15) is 5.10 Å². The van der Waals surface area contributed by atoms with Crippen LogP contribution in [0, 0.1) is 0 Å². The van der Waals surface area contributed by atoms with Crippen molar-refractivity contribution in [1.29, 1.82) is 0 Å². The molecule has 0 spiro atoms. The first-order valence-corrected chi connectivity index (χ1v) is 8.34. The normalized spacial score (nSPS) is 12.8. The monoisotopic (exact) mass is 335 g/mol. The van der Waals surface area contributed by atoms with E-state index in [0.29, 0.717) is 0 Å². The van der Waals surface area contributed by atoms with Gasteiger partial charge < -0.3 is 14.4 Å². The highest BCUT2D eigenvalue weighted by molar-refractivity contribution is 5.67. The Labute approximate surface area is 147 Å². The quantitative estimate of drug-likeness (QED) is 0.716. The van der Waals surface area contributed by atoms with E-state index in [0.717, 1.165) is 35.8 Å². The van der Waals surface area contributed by atoms with Gasteiger partial charge in [0.05, 0.1) is 12.2 Å². The van der Waals surface area contributed by atoms with E-state index in [9.17, 15) is 0 Å². The molecule has 5 heteroatoms. The van der Waals surface area contributed by atoms with Crippen LogP contribution in [0.3, 0.4) is 0 Å². The maximum atomic E-state index is 5.52. The lowest BCUT2D eigenvalue weighted by Gasteiger charge is -2.09. The second-order valence-corrected chi connectivity index (χ2v) is 6.49. The van der Waals surface area contributed by atoms with Crippen LogP contribution in [0.4, 0.5) is 0 Å². The van der Waals surface area contributed by atoms with Crippen LogP contribution in [0.15, 0.2) is 54.7 Å². The third-order valence-electron chi connectivity index (χ3n) is 4.16. The van der Waals surface area contributed by atoms with Crippen LogP contribution in [-0.4, -0.2) is 35.6 Å². The van der Waals surface area contributed by atoms with Gasteiger partial charge >= 0.3 is 0 Å². The van der Waals surface area contributed by atoms with Crippen molar-refractivity contribution in [3.8, 4) is 22.8 Å². The number of fused-ring (bicyclic) bond motifs is 1. The molecule has 1 aromatic heterocycles. The molecule has 0 radical (unpaired) electrons. The van der Waals surface area contributed by atoms with Crippen LogP contribution in [-0.2, 0) is 13.1 Å². The predicted molar refractivity (Wildman–Crippen MR) is 96.7 cm³/mol. The standard InChI is InChI=1S/C20H21N3O2/c1-22(2)12-17-13-23(11-15-6-4-3-5-7-15)21-20(17)16-8-9-18-19(10-16)25-14-24-18/h3-10,13H,11-12,14H2,1-2H3. The number of rotatable bonds is 5. The zero-order valence-electron chi connectivity index (χ0n) is 14.5. The smallest absolute Gasteiger partial charge is 0.231 e. The number of hydrogen-bond acceptors (Lipinski definition) is 4. The van der Waals surface area contributed by atoms with Gasteiger partial charge in [0, 0.05) is 23.9 Å². The van der Waals surface area contributed by atoms with Gasteiger partial charge in [0.25, 0.3) is 0 Å². The Balaban J connectivity index is 1.70. The second-order valence-electron chi connectivity index (χ2n) is 6.49. The van der Waals surface area contributed by atoms with Gasteiger partial charge in [-0.15, -0.1) is 0 Å². The van der Waals surface area contributed by atoms with Gasteiger partial charge in [-0.3, -0.25) is 4.68 Å². The zero-order chi connectivity index (χ0) is 17.2. The second kappa shape index (κ2) is 6.61. The van der Waals surface area contributed by atoms with Crippen LogP contribution in [0.5, 0.6) is 11.5 Å². The molecule has 2 heterocycles. The molecular formula is C20H21N3O2. The fourth-order valence-corrected chi connectivity index (χ4v) is 3.06. The summed E-state index contributed by atoms with van der Waals surface area (Å²) in [6, 6.07) is 16.4. The van der Waals surface area contributed by atoms with Gasteiger partial charge in [-0.1, -0.05) is 30.3 Å². The summed E-state index contributed by atoms with van der Waals surface area (Å²) < 4.78 is 12.9. The lowest BCUT2D eigenvalue weighted by molar-refractivity contribution is 0.174. The average Bonchev–Trinajstić information content (AvgIpc) is 3.21. The predicted octanol–water partition coefficient (Wildman–Crippen LogP) is 3.39. The van der Waals surface area contributed by atoms with Gasteiger partial charge in [0.2, 0.25) is 6.79 Å². The Morgan fingerprint density at radius 1 is 1.04 bits per heavy atom. The fraction of sp³-hybridized carbons (Fsp3) is 0.250. The van der Waals surface area contributed by atoms with Crippen molar-refractivity contribution in [2.24, 2.45) is 0 Å². The molecule has 0 aliphatic carbocycles. The third kappa shape index (κ3) is 3.37. The van der Waals surface area contributed by atoms with E-state index in [1.165, 1.54) is 11.1 Å². The molecule has 2 aromatic carbocycles. The van der Waals surface area contributed by atoms with Crippen LogP contribution in [0.25, 0.3) is 11.3 Å². The van der Waals surface area contributed by atoms with E-state index in [-0.39, 0.29) is 6.79 Å². The Morgan fingerprint density at radius 2 is 1.84 bits per heavy atom. The maximum Gasteiger partial charge on any atom is 0.231 e. The first-order valence-electron chi connectivity index (χ1n) is 8.34. The van der Waals surface area contributed by atoms with E-state index in [1.54, 1.807) is 0 Å². The highest BCUT2D eigenvalue weighted by Gasteiger charge is 2.18. The molecule has 128 valence electrons. The first kappa shape index (κ1) is 15.7. The Morgan fingerprint density at radius 3 is 2.64 bits per heavy atom. The van der Waals surface area contributed by atoms with Crippen LogP contribution in [0.1, 0.15) is 11.1 Å². The summed E-state index contributed by atoms with van der Waals surface area (Å²) in [6.45, 7) is 1.87. The molecule has 1 aliphatic rings. The van der Waals surface area contributed by atoms with Crippen molar-refractivity contribution >= 4 is 0 Å². The van der Waals surface area contributed by atoms with E-state index < -0.39 is 0 Å². The van der Waals surface area contributed by atoms with Gasteiger partial charge in [0.1, 0.15) is 0 Å². The zero-order valence-corrected chi connectivity index (χ0v) is 14.5. The van der Waals surface area contributed by atoms with Crippen molar-refractivity contribution in [3.63, 3.8) is 0 Å². The number of aromatic nitrogens is 2. The molecule has 0 saturated carbocycles. The summed E-state index contributed by atoms with van der Waals surface area (Å²) in [7, 11) is 4.13. The Bertz CT molecular complexity index is 872. The highest BCUT2D eigenvalue weighted by Crippen LogP contribution is 2.36. The Hall–Kier alpha value is -2.79. The maximum absolute atomic E-state index is 5.52. The van der Waals surface area contributed by atoms with E-state index in [4.69, 9.17) is 14.6 Å². The molecule has 4 rings (SSSR count). The van der Waals surface area contributed by atoms with E-state index >= 15 is 0 Å². The van der Waals surface area contributed by atoms with E-state index in [1.807, 2.05) is 28.9 Å². The van der Waals surface area contributed by atoms with Crippen molar-refractivity contribution in [3.05, 3.63) is 65.9 Å². The summed E-state index contributed by atoms with van der Waals surface area (Å²) in [4.78, 5) is 2.15. The molecule has 0 amide bonds.